The fraction of sp³-hybridized carbons (Fsp3) is 0.350. The first-order valence-corrected chi connectivity index (χ1v) is 9.58. The van der Waals surface area contributed by atoms with Crippen molar-refractivity contribution in [2.24, 2.45) is 0 Å². The minimum atomic E-state index is -0.914. The van der Waals surface area contributed by atoms with Crippen molar-refractivity contribution >= 4 is 27.6 Å². The molecule has 2 heterocycles. The highest BCUT2D eigenvalue weighted by Crippen LogP contribution is 2.51. The number of halogens is 1. The number of nitrogens with one attached hydrogen (secondary N) is 1. The topological polar surface area (TPSA) is 69.3 Å². The average Bonchev–Trinajstić information content (AvgIpc) is 2.67. The average molecular weight is 449 g/mol. The van der Waals surface area contributed by atoms with Crippen LogP contribution in [-0.2, 0) is 0 Å². The number of hydrogen-bond acceptors (Lipinski definition) is 5. The SMILES string of the molecule is COc1ccc(N2C(=O)NC3CC2(C)Oc2c(OC)cc(Br)cc23)c(OC)c1. The van der Waals surface area contributed by atoms with Crippen molar-refractivity contribution in [2.75, 3.05) is 26.2 Å². The van der Waals surface area contributed by atoms with E-state index in [0.29, 0.717) is 35.1 Å². The van der Waals surface area contributed by atoms with Gasteiger partial charge < -0.3 is 24.3 Å². The van der Waals surface area contributed by atoms with Gasteiger partial charge in [-0.15, -0.1) is 0 Å². The Labute approximate surface area is 171 Å². The van der Waals surface area contributed by atoms with Crippen LogP contribution < -0.4 is 29.2 Å². The number of carbonyl (C=O) groups is 1. The van der Waals surface area contributed by atoms with Gasteiger partial charge in [0.05, 0.1) is 33.1 Å². The molecule has 0 spiro atoms. The molecule has 2 unspecified atom stereocenters. The van der Waals surface area contributed by atoms with Crippen molar-refractivity contribution in [3.8, 4) is 23.0 Å². The first-order valence-electron chi connectivity index (χ1n) is 8.79. The number of benzene rings is 2. The number of nitrogens with zero attached hydrogens (tertiary/aromatic N) is 1. The molecule has 2 aliphatic rings. The Hall–Kier alpha value is -2.61. The number of methoxy groups -OCH3 is 3. The largest absolute Gasteiger partial charge is 0.497 e. The van der Waals surface area contributed by atoms with Gasteiger partial charge >= 0.3 is 6.03 Å². The van der Waals surface area contributed by atoms with E-state index in [1.807, 2.05) is 19.1 Å². The zero-order chi connectivity index (χ0) is 20.1. The van der Waals surface area contributed by atoms with Crippen molar-refractivity contribution in [1.29, 1.82) is 0 Å². The summed E-state index contributed by atoms with van der Waals surface area (Å²) in [5.74, 6) is 2.40. The second-order valence-electron chi connectivity index (χ2n) is 6.88. The minimum Gasteiger partial charge on any atom is -0.497 e. The van der Waals surface area contributed by atoms with E-state index >= 15 is 0 Å². The maximum absolute atomic E-state index is 13.1. The van der Waals surface area contributed by atoms with Crippen LogP contribution in [0.1, 0.15) is 24.9 Å². The van der Waals surface area contributed by atoms with E-state index in [-0.39, 0.29) is 12.1 Å². The van der Waals surface area contributed by atoms with E-state index < -0.39 is 5.72 Å². The fourth-order valence-electron chi connectivity index (χ4n) is 3.89. The molecular formula is C20H21BrN2O5. The summed E-state index contributed by atoms with van der Waals surface area (Å²) < 4.78 is 23.6. The van der Waals surface area contributed by atoms with Crippen molar-refractivity contribution < 1.29 is 23.7 Å². The van der Waals surface area contributed by atoms with Crippen LogP contribution in [-0.4, -0.2) is 33.1 Å². The van der Waals surface area contributed by atoms with E-state index in [1.54, 1.807) is 44.4 Å². The maximum Gasteiger partial charge on any atom is 0.325 e. The third-order valence-corrected chi connectivity index (χ3v) is 5.61. The first-order chi connectivity index (χ1) is 13.4. The van der Waals surface area contributed by atoms with Gasteiger partial charge in [-0.1, -0.05) is 15.9 Å². The number of ether oxygens (including phenoxy) is 4. The Morgan fingerprint density at radius 2 is 1.89 bits per heavy atom. The highest BCUT2D eigenvalue weighted by Gasteiger charge is 2.51. The third-order valence-electron chi connectivity index (χ3n) is 5.15. The zero-order valence-corrected chi connectivity index (χ0v) is 17.6. The molecule has 28 heavy (non-hydrogen) atoms. The summed E-state index contributed by atoms with van der Waals surface area (Å²) in [4.78, 5) is 14.7. The van der Waals surface area contributed by atoms with Crippen LogP contribution in [0.25, 0.3) is 0 Å². The molecule has 2 atom stereocenters. The van der Waals surface area contributed by atoms with Gasteiger partial charge in [-0.05, 0) is 31.2 Å². The quantitative estimate of drug-likeness (QED) is 0.756. The first kappa shape index (κ1) is 18.7. The molecule has 8 heteroatoms. The summed E-state index contributed by atoms with van der Waals surface area (Å²) in [5.41, 5.74) is 0.572. The predicted octanol–water partition coefficient (Wildman–Crippen LogP) is 4.24. The summed E-state index contributed by atoms with van der Waals surface area (Å²) >= 11 is 3.49. The van der Waals surface area contributed by atoms with Gasteiger partial charge in [-0.3, -0.25) is 4.90 Å². The van der Waals surface area contributed by atoms with E-state index in [4.69, 9.17) is 18.9 Å². The van der Waals surface area contributed by atoms with E-state index in [9.17, 15) is 4.79 Å². The molecule has 4 rings (SSSR count). The Balaban J connectivity index is 1.83. The molecular weight excluding hydrogens is 428 g/mol. The van der Waals surface area contributed by atoms with Gasteiger partial charge in [0.25, 0.3) is 0 Å². The maximum atomic E-state index is 13.1. The minimum absolute atomic E-state index is 0.187. The molecule has 1 fully saturated rings. The monoisotopic (exact) mass is 448 g/mol. The van der Waals surface area contributed by atoms with E-state index in [1.165, 1.54) is 0 Å². The van der Waals surface area contributed by atoms with E-state index in [2.05, 4.69) is 21.2 Å². The Morgan fingerprint density at radius 1 is 1.14 bits per heavy atom. The molecule has 0 radical (unpaired) electrons. The lowest BCUT2D eigenvalue weighted by atomic mass is 9.89. The Kier molecular flexibility index (Phi) is 4.53. The number of urea groups is 1. The molecule has 7 nitrogen and oxygen atoms in total. The fourth-order valence-corrected chi connectivity index (χ4v) is 4.34. The van der Waals surface area contributed by atoms with Crippen LogP contribution in [0.5, 0.6) is 23.0 Å². The summed E-state index contributed by atoms with van der Waals surface area (Å²) in [6.07, 6.45) is 0.570. The molecule has 2 aromatic carbocycles. The molecule has 1 N–H and O–H groups in total. The van der Waals surface area contributed by atoms with Crippen molar-refractivity contribution in [2.45, 2.75) is 25.1 Å². The molecule has 2 amide bonds. The highest BCUT2D eigenvalue weighted by atomic mass is 79.9. The number of carbonyl (C=O) groups excluding carboxylic acids is 1. The molecule has 0 saturated carbocycles. The zero-order valence-electron chi connectivity index (χ0n) is 16.0. The molecule has 1 saturated heterocycles. The van der Waals surface area contributed by atoms with Crippen LogP contribution >= 0.6 is 15.9 Å². The van der Waals surface area contributed by atoms with Crippen LogP contribution in [0.15, 0.2) is 34.8 Å². The van der Waals surface area contributed by atoms with Crippen LogP contribution in [0.2, 0.25) is 0 Å². The lowest BCUT2D eigenvalue weighted by molar-refractivity contribution is 0.0345. The summed E-state index contributed by atoms with van der Waals surface area (Å²) in [7, 11) is 4.74. The number of anilines is 1. The third kappa shape index (κ3) is 2.83. The molecule has 2 bridgehead atoms. The van der Waals surface area contributed by atoms with Crippen LogP contribution in [0.4, 0.5) is 10.5 Å². The molecule has 2 aromatic rings. The van der Waals surface area contributed by atoms with Crippen molar-refractivity contribution in [1.82, 2.24) is 5.32 Å². The number of amides is 2. The normalized spacial score (nSPS) is 22.7. The van der Waals surface area contributed by atoms with Crippen LogP contribution in [0.3, 0.4) is 0 Å². The Bertz CT molecular complexity index is 950. The van der Waals surface area contributed by atoms with Gasteiger partial charge in [0.2, 0.25) is 0 Å². The van der Waals surface area contributed by atoms with Crippen LogP contribution in [0, 0.1) is 0 Å². The predicted molar refractivity (Wildman–Crippen MR) is 108 cm³/mol. The molecule has 148 valence electrons. The smallest absolute Gasteiger partial charge is 0.325 e. The van der Waals surface area contributed by atoms with Gasteiger partial charge in [0, 0.05) is 22.5 Å². The number of rotatable bonds is 4. The number of hydrogen-bond donors (Lipinski definition) is 1. The number of fused-ring (bicyclic) bond motifs is 4. The van der Waals surface area contributed by atoms with Crippen molar-refractivity contribution in [3.05, 3.63) is 40.4 Å². The summed E-state index contributed by atoms with van der Waals surface area (Å²) in [6.45, 7) is 1.90. The standard InChI is InChI=1S/C20H21BrN2O5/c1-20-10-14(13-7-11(21)8-17(27-4)18(13)28-20)22-19(24)23(20)15-6-5-12(25-2)9-16(15)26-3/h5-9,14H,10H2,1-4H3,(H,22,24). The van der Waals surface area contributed by atoms with Gasteiger partial charge in [0.15, 0.2) is 17.2 Å². The molecule has 0 aromatic heterocycles. The van der Waals surface area contributed by atoms with E-state index in [0.717, 1.165) is 10.0 Å². The van der Waals surface area contributed by atoms with Crippen molar-refractivity contribution in [3.63, 3.8) is 0 Å². The summed E-state index contributed by atoms with van der Waals surface area (Å²) in [5, 5.41) is 3.08. The Morgan fingerprint density at radius 3 is 2.57 bits per heavy atom. The van der Waals surface area contributed by atoms with Gasteiger partial charge in [-0.2, -0.15) is 0 Å². The molecule has 2 aliphatic heterocycles. The van der Waals surface area contributed by atoms with Gasteiger partial charge in [-0.25, -0.2) is 4.79 Å². The second kappa shape index (κ2) is 6.77. The second-order valence-corrected chi connectivity index (χ2v) is 7.80. The lowest BCUT2D eigenvalue weighted by Crippen LogP contribution is -2.65. The van der Waals surface area contributed by atoms with Gasteiger partial charge in [0.1, 0.15) is 11.5 Å². The lowest BCUT2D eigenvalue weighted by Gasteiger charge is -2.50. The summed E-state index contributed by atoms with van der Waals surface area (Å²) in [6, 6.07) is 8.68. The molecule has 0 aliphatic carbocycles. The highest BCUT2D eigenvalue weighted by molar-refractivity contribution is 9.10.